The smallest absolute Gasteiger partial charge is 0.192 e. The standard InChI is InChI=1S/C16H34O3Si.C11H22O3.CH4/c1-9-10-14(18)13(3)15(12(2)11-17)19-20(7,8)16(4,5)6;1-5-6-10(13)9(3)11(14-4)8(2)7-12;/h9-10,12-15,17-18H,11H2,1-8H3;5-6,8-13H,7H2,1-4H3;1H4/b10-9+;6-5+;/t12-,13-,14+,15-;8-,9-,10+,11-;/m00./s1. The van der Waals surface area contributed by atoms with Crippen molar-refractivity contribution in [1.29, 1.82) is 0 Å². The summed E-state index contributed by atoms with van der Waals surface area (Å²) in [6.07, 6.45) is 5.89. The van der Waals surface area contributed by atoms with Crippen molar-refractivity contribution in [1.82, 2.24) is 0 Å². The largest absolute Gasteiger partial charge is 0.413 e. The van der Waals surface area contributed by atoms with E-state index in [0.29, 0.717) is 0 Å². The molecule has 0 aromatic heterocycles. The summed E-state index contributed by atoms with van der Waals surface area (Å²) in [5.41, 5.74) is 0. The molecule has 0 heterocycles. The van der Waals surface area contributed by atoms with Crippen molar-refractivity contribution in [2.24, 2.45) is 23.7 Å². The normalized spacial score (nSPS) is 19.7. The summed E-state index contributed by atoms with van der Waals surface area (Å²) in [5, 5.41) is 38.5. The zero-order chi connectivity index (χ0) is 27.3. The third kappa shape index (κ3) is 13.5. The summed E-state index contributed by atoms with van der Waals surface area (Å²) in [5.74, 6) is -0.00485. The van der Waals surface area contributed by atoms with Crippen LogP contribution in [-0.4, -0.2) is 73.5 Å². The first-order valence-electron chi connectivity index (χ1n) is 12.6. The van der Waals surface area contributed by atoms with Gasteiger partial charge in [-0.15, -0.1) is 0 Å². The van der Waals surface area contributed by atoms with E-state index in [-0.39, 0.29) is 61.6 Å². The molecule has 8 atom stereocenters. The summed E-state index contributed by atoms with van der Waals surface area (Å²) >= 11 is 0. The van der Waals surface area contributed by atoms with Gasteiger partial charge in [0, 0.05) is 44.0 Å². The molecule has 0 saturated carbocycles. The molecular formula is C28H60O6Si. The van der Waals surface area contributed by atoms with Gasteiger partial charge in [0.15, 0.2) is 8.32 Å². The van der Waals surface area contributed by atoms with Crippen LogP contribution in [-0.2, 0) is 9.16 Å². The number of allylic oxidation sites excluding steroid dienone is 2. The molecule has 0 amide bonds. The number of aliphatic hydroxyl groups is 4. The van der Waals surface area contributed by atoms with Gasteiger partial charge >= 0.3 is 0 Å². The molecule has 0 radical (unpaired) electrons. The van der Waals surface area contributed by atoms with Crippen LogP contribution in [0.3, 0.4) is 0 Å². The van der Waals surface area contributed by atoms with Gasteiger partial charge in [-0.25, -0.2) is 0 Å². The Morgan fingerprint density at radius 1 is 0.771 bits per heavy atom. The topological polar surface area (TPSA) is 99.4 Å². The minimum atomic E-state index is -1.92. The van der Waals surface area contributed by atoms with E-state index in [1.54, 1.807) is 19.3 Å². The third-order valence-electron chi connectivity index (χ3n) is 7.10. The molecule has 0 bridgehead atoms. The van der Waals surface area contributed by atoms with Gasteiger partial charge in [0.05, 0.1) is 24.4 Å². The van der Waals surface area contributed by atoms with E-state index in [9.17, 15) is 15.3 Å². The highest BCUT2D eigenvalue weighted by Gasteiger charge is 2.42. The number of rotatable bonds is 13. The molecule has 0 aliphatic heterocycles. The Hall–Kier alpha value is -0.543. The van der Waals surface area contributed by atoms with Crippen molar-refractivity contribution >= 4 is 8.32 Å². The molecular weight excluding hydrogens is 460 g/mol. The van der Waals surface area contributed by atoms with Crippen LogP contribution in [0.4, 0.5) is 0 Å². The zero-order valence-electron chi connectivity index (χ0n) is 23.9. The lowest BCUT2D eigenvalue weighted by molar-refractivity contribution is -0.0334. The Bertz CT molecular complexity index is 572. The highest BCUT2D eigenvalue weighted by Crippen LogP contribution is 2.39. The SMILES string of the molecule is C.C/C=C/[C@@H](O)[C@H](C)[C@@H](OC)[C@@H](C)CO.C/C=C/[C@@H](O)[C@H](C)[C@@H](O[Si](C)(C)C(C)(C)C)[C@@H](C)CO. The van der Waals surface area contributed by atoms with E-state index in [1.165, 1.54) is 0 Å². The highest BCUT2D eigenvalue weighted by molar-refractivity contribution is 6.74. The first-order valence-corrected chi connectivity index (χ1v) is 15.5. The lowest BCUT2D eigenvalue weighted by atomic mass is 9.89. The number of aliphatic hydroxyl groups excluding tert-OH is 4. The fraction of sp³-hybridized carbons (Fsp3) is 0.857. The quantitative estimate of drug-likeness (QED) is 0.191. The molecule has 0 unspecified atom stereocenters. The molecule has 0 saturated heterocycles. The first-order chi connectivity index (χ1) is 15.6. The molecule has 0 aliphatic carbocycles. The van der Waals surface area contributed by atoms with Crippen LogP contribution in [0.5, 0.6) is 0 Å². The van der Waals surface area contributed by atoms with Gasteiger partial charge in [-0.2, -0.15) is 0 Å². The van der Waals surface area contributed by atoms with E-state index in [4.69, 9.17) is 14.3 Å². The first kappa shape index (κ1) is 39.0. The van der Waals surface area contributed by atoms with Gasteiger partial charge in [0.25, 0.3) is 0 Å². The average molecular weight is 521 g/mol. The van der Waals surface area contributed by atoms with Gasteiger partial charge in [-0.05, 0) is 32.0 Å². The Morgan fingerprint density at radius 2 is 1.11 bits per heavy atom. The molecule has 0 fully saturated rings. The summed E-state index contributed by atoms with van der Waals surface area (Å²) in [6.45, 7) is 22.7. The van der Waals surface area contributed by atoms with Crippen LogP contribution < -0.4 is 0 Å². The second kappa shape index (κ2) is 18.7. The Morgan fingerprint density at radius 3 is 1.40 bits per heavy atom. The summed E-state index contributed by atoms with van der Waals surface area (Å²) in [7, 11) is -0.318. The van der Waals surface area contributed by atoms with Crippen LogP contribution in [0.1, 0.15) is 69.7 Å². The lowest BCUT2D eigenvalue weighted by Crippen LogP contribution is -2.49. The molecule has 0 aromatic rings. The van der Waals surface area contributed by atoms with Crippen molar-refractivity contribution in [3.63, 3.8) is 0 Å². The van der Waals surface area contributed by atoms with Crippen molar-refractivity contribution in [2.45, 2.75) is 112 Å². The second-order valence-corrected chi connectivity index (χ2v) is 15.9. The Kier molecular flexibility index (Phi) is 20.8. The molecule has 0 aromatic carbocycles. The molecule has 6 nitrogen and oxygen atoms in total. The average Bonchev–Trinajstić information content (AvgIpc) is 2.76. The maximum atomic E-state index is 10.2. The molecule has 4 N–H and O–H groups in total. The molecule has 0 aliphatic rings. The lowest BCUT2D eigenvalue weighted by Gasteiger charge is -2.43. The van der Waals surface area contributed by atoms with Crippen LogP contribution in [0.25, 0.3) is 0 Å². The molecule has 7 heteroatoms. The predicted octanol–water partition coefficient (Wildman–Crippen LogP) is 5.42. The maximum Gasteiger partial charge on any atom is 0.192 e. The molecule has 0 rings (SSSR count). The van der Waals surface area contributed by atoms with E-state index in [1.807, 2.05) is 53.7 Å². The molecule has 212 valence electrons. The van der Waals surface area contributed by atoms with Crippen molar-refractivity contribution in [2.75, 3.05) is 20.3 Å². The van der Waals surface area contributed by atoms with Gasteiger partial charge in [0.2, 0.25) is 0 Å². The number of ether oxygens (including phenoxy) is 1. The number of hydrogen-bond donors (Lipinski definition) is 4. The zero-order valence-corrected chi connectivity index (χ0v) is 24.9. The van der Waals surface area contributed by atoms with Crippen LogP contribution in [0, 0.1) is 23.7 Å². The van der Waals surface area contributed by atoms with E-state index in [2.05, 4.69) is 33.9 Å². The van der Waals surface area contributed by atoms with Gasteiger partial charge in [-0.3, -0.25) is 0 Å². The Balaban J connectivity index is -0.000000603. The minimum absolute atomic E-state index is 0. The second-order valence-electron chi connectivity index (χ2n) is 11.1. The minimum Gasteiger partial charge on any atom is -0.413 e. The van der Waals surface area contributed by atoms with Crippen molar-refractivity contribution < 1.29 is 29.6 Å². The molecule has 35 heavy (non-hydrogen) atoms. The maximum absolute atomic E-state index is 10.2. The van der Waals surface area contributed by atoms with Gasteiger partial charge in [0.1, 0.15) is 0 Å². The fourth-order valence-corrected chi connectivity index (χ4v) is 5.05. The fourth-order valence-electron chi connectivity index (χ4n) is 3.57. The van der Waals surface area contributed by atoms with E-state index >= 15 is 0 Å². The number of methoxy groups -OCH3 is 1. The Labute approximate surface area is 218 Å². The highest BCUT2D eigenvalue weighted by atomic mass is 28.4. The predicted molar refractivity (Wildman–Crippen MR) is 152 cm³/mol. The van der Waals surface area contributed by atoms with Gasteiger partial charge in [-0.1, -0.05) is 80.2 Å². The van der Waals surface area contributed by atoms with Crippen LogP contribution >= 0.6 is 0 Å². The van der Waals surface area contributed by atoms with E-state index < -0.39 is 20.5 Å². The summed E-state index contributed by atoms with van der Waals surface area (Å²) in [6, 6.07) is 0. The van der Waals surface area contributed by atoms with Crippen LogP contribution in [0.2, 0.25) is 18.1 Å². The third-order valence-corrected chi connectivity index (χ3v) is 11.6. The van der Waals surface area contributed by atoms with Gasteiger partial charge < -0.3 is 29.6 Å². The number of hydrogen-bond acceptors (Lipinski definition) is 6. The van der Waals surface area contributed by atoms with Crippen LogP contribution in [0.15, 0.2) is 24.3 Å². The summed E-state index contributed by atoms with van der Waals surface area (Å²) in [4.78, 5) is 0. The summed E-state index contributed by atoms with van der Waals surface area (Å²) < 4.78 is 11.7. The van der Waals surface area contributed by atoms with Crippen molar-refractivity contribution in [3.05, 3.63) is 24.3 Å². The van der Waals surface area contributed by atoms with E-state index in [0.717, 1.165) is 0 Å². The monoisotopic (exact) mass is 520 g/mol. The molecule has 0 spiro atoms. The van der Waals surface area contributed by atoms with Crippen molar-refractivity contribution in [3.8, 4) is 0 Å².